The van der Waals surface area contributed by atoms with Gasteiger partial charge >= 0.3 is 18.1 Å². The van der Waals surface area contributed by atoms with Gasteiger partial charge in [-0.25, -0.2) is 14.2 Å². The topological polar surface area (TPSA) is 175 Å². The number of nitrogens with zero attached hydrogens (tertiary/aromatic N) is 2. The number of alkyl halides is 3. The van der Waals surface area contributed by atoms with Gasteiger partial charge in [-0.15, -0.1) is 0 Å². The summed E-state index contributed by atoms with van der Waals surface area (Å²) in [5.41, 5.74) is 8.02. The number of benzene rings is 1. The van der Waals surface area contributed by atoms with Gasteiger partial charge in [-0.2, -0.15) is 13.2 Å². The number of aryl methyl sites for hydroxylation is 1. The van der Waals surface area contributed by atoms with E-state index in [1.165, 1.54) is 6.07 Å². The average molecular weight is 634 g/mol. The number of likely N-dealkylation sites (tertiary alicyclic amines) is 1. The highest BCUT2D eigenvalue weighted by atomic mass is 35.5. The lowest BCUT2D eigenvalue weighted by molar-refractivity contribution is -0.192. The Morgan fingerprint density at radius 1 is 1.19 bits per heavy atom. The molecule has 1 aliphatic heterocycles. The SMILES string of the molecule is Cc1nc(N)ccc1CNC(=O)[C@H](C)NC(=O)[C@H]1C[C@H](Cc2ccc(F)c(Cl)c2)CN1CCC(=O)O.O=C(O)C(F)(F)F. The molecule has 43 heavy (non-hydrogen) atoms. The number of aliphatic carboxylic acids is 2. The number of nitrogen functional groups attached to an aromatic ring is 1. The number of carbonyl (C=O) groups is 4. The zero-order chi connectivity index (χ0) is 32.5. The van der Waals surface area contributed by atoms with Crippen LogP contribution in [0, 0.1) is 18.7 Å². The van der Waals surface area contributed by atoms with Gasteiger partial charge in [-0.1, -0.05) is 23.7 Å². The molecule has 0 unspecified atom stereocenters. The van der Waals surface area contributed by atoms with Crippen LogP contribution in [0.5, 0.6) is 0 Å². The van der Waals surface area contributed by atoms with E-state index in [1.807, 2.05) is 4.90 Å². The summed E-state index contributed by atoms with van der Waals surface area (Å²) in [6, 6.07) is 6.59. The molecular formula is C27H32ClF4N5O6. The quantitative estimate of drug-likeness (QED) is 0.246. The molecule has 1 saturated heterocycles. The van der Waals surface area contributed by atoms with Crippen molar-refractivity contribution < 1.29 is 47.0 Å². The van der Waals surface area contributed by atoms with Gasteiger partial charge in [0.15, 0.2) is 0 Å². The van der Waals surface area contributed by atoms with Crippen molar-refractivity contribution in [2.45, 2.75) is 57.9 Å². The molecule has 2 aromatic rings. The Labute approximate surface area is 249 Å². The smallest absolute Gasteiger partial charge is 0.481 e. The Bertz CT molecular complexity index is 1330. The second-order valence-corrected chi connectivity index (χ2v) is 10.3. The van der Waals surface area contributed by atoms with E-state index in [9.17, 15) is 31.9 Å². The summed E-state index contributed by atoms with van der Waals surface area (Å²) < 4.78 is 45.2. The van der Waals surface area contributed by atoms with Crippen molar-refractivity contribution in [2.75, 3.05) is 18.8 Å². The monoisotopic (exact) mass is 633 g/mol. The van der Waals surface area contributed by atoms with E-state index >= 15 is 0 Å². The highest BCUT2D eigenvalue weighted by molar-refractivity contribution is 6.30. The Balaban J connectivity index is 0.000000821. The molecule has 1 fully saturated rings. The lowest BCUT2D eigenvalue weighted by Crippen LogP contribution is -2.51. The van der Waals surface area contributed by atoms with E-state index in [0.29, 0.717) is 30.9 Å². The van der Waals surface area contributed by atoms with Crippen molar-refractivity contribution in [3.8, 4) is 0 Å². The summed E-state index contributed by atoms with van der Waals surface area (Å²) in [6.07, 6.45) is -4.15. The van der Waals surface area contributed by atoms with E-state index in [4.69, 9.17) is 32.3 Å². The molecule has 3 atom stereocenters. The number of amides is 2. The fraction of sp³-hybridized carbons (Fsp3) is 0.444. The van der Waals surface area contributed by atoms with Gasteiger partial charge in [-0.3, -0.25) is 19.3 Å². The largest absolute Gasteiger partial charge is 0.490 e. The van der Waals surface area contributed by atoms with Gasteiger partial charge in [0.25, 0.3) is 0 Å². The molecule has 0 spiro atoms. The molecule has 6 N–H and O–H groups in total. The first kappa shape index (κ1) is 35.2. The maximum absolute atomic E-state index is 13.5. The summed E-state index contributed by atoms with van der Waals surface area (Å²) in [5, 5.41) is 21.8. The predicted molar refractivity (Wildman–Crippen MR) is 147 cm³/mol. The second kappa shape index (κ2) is 15.5. The number of halogens is 5. The lowest BCUT2D eigenvalue weighted by atomic mass is 9.96. The Morgan fingerprint density at radius 3 is 2.40 bits per heavy atom. The number of nitrogens with two attached hydrogens (primary N) is 1. The van der Waals surface area contributed by atoms with Crippen LogP contribution in [0.25, 0.3) is 0 Å². The highest BCUT2D eigenvalue weighted by Crippen LogP contribution is 2.28. The standard InChI is InChI=1S/C25H31ClFN5O4.C2HF3O2/c1-14-18(4-6-22(28)30-14)12-29-24(35)15(2)31-25(36)21-11-17(13-32(21)8-7-23(33)34)9-16-3-5-20(27)19(26)10-16;3-2(4,5)1(6)7/h3-6,10,15,17,21H,7-9,11-13H2,1-2H3,(H2,28,30)(H,29,35)(H,31,36)(H,33,34);(H,6,7)/t15-,17-,21+;/m0./s1. The van der Waals surface area contributed by atoms with Crippen LogP contribution in [-0.2, 0) is 32.1 Å². The normalized spacial score (nSPS) is 17.4. The number of aromatic nitrogens is 1. The van der Waals surface area contributed by atoms with Crippen LogP contribution in [-0.4, -0.2) is 75.2 Å². The lowest BCUT2D eigenvalue weighted by Gasteiger charge is -2.24. The van der Waals surface area contributed by atoms with E-state index in [0.717, 1.165) is 11.1 Å². The molecule has 1 aromatic carbocycles. The third-order valence-corrected chi connectivity index (χ3v) is 6.87. The van der Waals surface area contributed by atoms with Crippen molar-refractivity contribution in [2.24, 2.45) is 5.92 Å². The minimum absolute atomic E-state index is 0.0345. The van der Waals surface area contributed by atoms with E-state index in [2.05, 4.69) is 15.6 Å². The molecule has 0 aliphatic carbocycles. The van der Waals surface area contributed by atoms with Crippen molar-refractivity contribution in [1.29, 1.82) is 0 Å². The van der Waals surface area contributed by atoms with Gasteiger partial charge in [0, 0.05) is 25.3 Å². The van der Waals surface area contributed by atoms with Gasteiger partial charge < -0.3 is 26.6 Å². The van der Waals surface area contributed by atoms with Crippen LogP contribution in [0.1, 0.15) is 36.6 Å². The fourth-order valence-corrected chi connectivity index (χ4v) is 4.62. The van der Waals surface area contributed by atoms with Crippen molar-refractivity contribution >= 4 is 41.2 Å². The van der Waals surface area contributed by atoms with E-state index in [-0.39, 0.29) is 42.3 Å². The number of hydrogen-bond acceptors (Lipinski definition) is 7. The molecule has 2 amide bonds. The second-order valence-electron chi connectivity index (χ2n) is 9.94. The molecule has 3 rings (SSSR count). The average Bonchev–Trinajstić information content (AvgIpc) is 3.31. The van der Waals surface area contributed by atoms with Gasteiger partial charge in [0.1, 0.15) is 17.7 Å². The summed E-state index contributed by atoms with van der Waals surface area (Å²) in [4.78, 5) is 51.7. The maximum Gasteiger partial charge on any atom is 0.490 e. The molecule has 236 valence electrons. The molecule has 0 saturated carbocycles. The first-order chi connectivity index (χ1) is 20.0. The van der Waals surface area contributed by atoms with Crippen LogP contribution in [0.2, 0.25) is 5.02 Å². The molecule has 11 nitrogen and oxygen atoms in total. The third-order valence-electron chi connectivity index (χ3n) is 6.58. The Morgan fingerprint density at radius 2 is 1.84 bits per heavy atom. The highest BCUT2D eigenvalue weighted by Gasteiger charge is 2.39. The molecule has 2 heterocycles. The zero-order valence-corrected chi connectivity index (χ0v) is 24.0. The van der Waals surface area contributed by atoms with Crippen LogP contribution in [0.4, 0.5) is 23.4 Å². The third kappa shape index (κ3) is 11.3. The molecular weight excluding hydrogens is 602 g/mol. The summed E-state index contributed by atoms with van der Waals surface area (Å²) in [6.45, 7) is 4.35. The number of hydrogen-bond donors (Lipinski definition) is 5. The zero-order valence-electron chi connectivity index (χ0n) is 23.3. The summed E-state index contributed by atoms with van der Waals surface area (Å²) in [7, 11) is 0. The van der Waals surface area contributed by atoms with E-state index in [1.54, 1.807) is 38.1 Å². The number of carboxylic acid groups (broad SMARTS) is 2. The van der Waals surface area contributed by atoms with Crippen LogP contribution >= 0.6 is 11.6 Å². The molecule has 1 aliphatic rings. The number of carboxylic acids is 2. The minimum Gasteiger partial charge on any atom is -0.481 e. The van der Waals surface area contributed by atoms with E-state index < -0.39 is 36.0 Å². The molecule has 0 radical (unpaired) electrons. The van der Waals surface area contributed by atoms with Gasteiger partial charge in [-0.05, 0) is 61.9 Å². The first-order valence-electron chi connectivity index (χ1n) is 13.0. The number of pyridine rings is 1. The Kier molecular flexibility index (Phi) is 12.7. The predicted octanol–water partition coefficient (Wildman–Crippen LogP) is 2.93. The van der Waals surface area contributed by atoms with Crippen molar-refractivity contribution in [3.05, 3.63) is 58.0 Å². The van der Waals surface area contributed by atoms with Crippen LogP contribution in [0.15, 0.2) is 30.3 Å². The first-order valence-corrected chi connectivity index (χ1v) is 13.4. The summed E-state index contributed by atoms with van der Waals surface area (Å²) in [5.74, 6) is -4.47. The van der Waals surface area contributed by atoms with Crippen molar-refractivity contribution in [3.63, 3.8) is 0 Å². The van der Waals surface area contributed by atoms with Crippen LogP contribution in [0.3, 0.4) is 0 Å². The van der Waals surface area contributed by atoms with Crippen molar-refractivity contribution in [1.82, 2.24) is 20.5 Å². The number of anilines is 1. The van der Waals surface area contributed by atoms with Gasteiger partial charge in [0.05, 0.1) is 17.5 Å². The molecule has 1 aromatic heterocycles. The molecule has 0 bridgehead atoms. The number of carbonyl (C=O) groups excluding carboxylic acids is 2. The number of nitrogens with one attached hydrogen (secondary N) is 2. The number of rotatable bonds is 10. The van der Waals surface area contributed by atoms with Crippen LogP contribution < -0.4 is 16.4 Å². The maximum atomic E-state index is 13.5. The summed E-state index contributed by atoms with van der Waals surface area (Å²) >= 11 is 5.90. The fourth-order valence-electron chi connectivity index (χ4n) is 4.41. The minimum atomic E-state index is -5.08. The van der Waals surface area contributed by atoms with Gasteiger partial charge in [0.2, 0.25) is 11.8 Å². The molecule has 16 heteroatoms. The Hall–Kier alpha value is -3.98.